The third-order valence-corrected chi connectivity index (χ3v) is 12.1. The zero-order chi connectivity index (χ0) is 36.6. The number of carbonyl (C=O) groups is 3. The first-order chi connectivity index (χ1) is 25.7. The Morgan fingerprint density at radius 1 is 0.943 bits per heavy atom. The summed E-state index contributed by atoms with van der Waals surface area (Å²) < 4.78 is 1.73. The number of anilines is 3. The Labute approximate surface area is 309 Å². The van der Waals surface area contributed by atoms with Gasteiger partial charge in [0.1, 0.15) is 11.5 Å². The highest BCUT2D eigenvalue weighted by molar-refractivity contribution is 6.01. The summed E-state index contributed by atoms with van der Waals surface area (Å²) in [5.74, 6) is 0.891. The minimum absolute atomic E-state index is 0.0268. The van der Waals surface area contributed by atoms with E-state index in [-0.39, 0.29) is 40.7 Å². The molecule has 0 bridgehead atoms. The molecule has 4 aliphatic rings. The maximum Gasteiger partial charge on any atom is 0.263 e. The van der Waals surface area contributed by atoms with Gasteiger partial charge in [-0.2, -0.15) is 4.98 Å². The first kappa shape index (κ1) is 35.1. The molecule has 6 heterocycles. The molecule has 2 N–H and O–H groups in total. The van der Waals surface area contributed by atoms with E-state index in [1.165, 1.54) is 25.3 Å². The van der Waals surface area contributed by atoms with Gasteiger partial charge in [0.25, 0.3) is 5.56 Å². The van der Waals surface area contributed by atoms with E-state index in [2.05, 4.69) is 48.6 Å². The second kappa shape index (κ2) is 14.8. The normalized spacial score (nSPS) is 20.5. The molecule has 8 rings (SSSR count). The van der Waals surface area contributed by atoms with Crippen molar-refractivity contribution >= 4 is 46.1 Å². The van der Waals surface area contributed by atoms with Gasteiger partial charge in [0.15, 0.2) is 5.78 Å². The van der Waals surface area contributed by atoms with Crippen molar-refractivity contribution in [2.75, 3.05) is 36.4 Å². The third-order valence-electron chi connectivity index (χ3n) is 12.1. The molecule has 1 unspecified atom stereocenters. The number of amides is 2. The van der Waals surface area contributed by atoms with Crippen LogP contribution in [0.25, 0.3) is 11.0 Å². The minimum Gasteiger partial charge on any atom is -0.367 e. The number of piperidine rings is 2. The van der Waals surface area contributed by atoms with E-state index in [0.29, 0.717) is 47.8 Å². The van der Waals surface area contributed by atoms with Crippen molar-refractivity contribution in [2.45, 2.75) is 96.1 Å². The van der Waals surface area contributed by atoms with Crippen LogP contribution in [0.5, 0.6) is 0 Å². The summed E-state index contributed by atoms with van der Waals surface area (Å²) >= 11 is 0. The second-order valence-corrected chi connectivity index (χ2v) is 15.5. The van der Waals surface area contributed by atoms with Crippen LogP contribution in [0.2, 0.25) is 0 Å². The summed E-state index contributed by atoms with van der Waals surface area (Å²) in [6.07, 6.45) is 13.1. The Balaban J connectivity index is 0.831. The summed E-state index contributed by atoms with van der Waals surface area (Å²) in [5, 5.41) is 6.44. The standard InChI is InChI=1S/C41H48N8O4/c1-25-34-22-43-41(46-38(34)49(30-8-3-4-9-30)40(53)37(25)26(2)50)44-35-14-12-31(21-42-35)48-23-32(24-48)47-18-16-27(17-19-47)10-11-28-6-5-7-29(20-28)33-13-15-36(51)45-39(33)52/h5-7,12,14,20-22,27,30,32-33H,3-4,8-11,13,15-19,23-24H2,1-2H3,(H,45,51,52)(H,42,43,44,46). The number of nitrogens with one attached hydrogen (secondary N) is 2. The van der Waals surface area contributed by atoms with E-state index in [1.807, 2.05) is 24.4 Å². The van der Waals surface area contributed by atoms with Crippen LogP contribution in [-0.4, -0.2) is 74.2 Å². The molecule has 12 heteroatoms. The van der Waals surface area contributed by atoms with Gasteiger partial charge in [0.05, 0.1) is 23.4 Å². The number of ketones is 1. The number of aromatic nitrogens is 4. The lowest BCUT2D eigenvalue weighted by Gasteiger charge is -2.48. The van der Waals surface area contributed by atoms with Crippen LogP contribution >= 0.6 is 0 Å². The fraction of sp³-hybridized carbons (Fsp3) is 0.488. The molecule has 4 fully saturated rings. The average Bonchev–Trinajstić information content (AvgIpc) is 3.66. The summed E-state index contributed by atoms with van der Waals surface area (Å²) in [6.45, 7) is 7.46. The van der Waals surface area contributed by atoms with Gasteiger partial charge in [-0.1, -0.05) is 37.1 Å². The van der Waals surface area contributed by atoms with Crippen molar-refractivity contribution in [1.29, 1.82) is 0 Å². The molecular weight excluding hydrogens is 669 g/mol. The molecule has 2 amide bonds. The van der Waals surface area contributed by atoms with Crippen LogP contribution in [-0.2, 0) is 16.0 Å². The molecule has 4 aromatic rings. The molecule has 3 saturated heterocycles. The summed E-state index contributed by atoms with van der Waals surface area (Å²) in [5.41, 5.74) is 4.54. The molecule has 1 saturated carbocycles. The van der Waals surface area contributed by atoms with E-state index >= 15 is 0 Å². The number of nitrogens with zero attached hydrogens (tertiary/aromatic N) is 6. The van der Waals surface area contributed by atoms with Crippen LogP contribution < -0.4 is 21.1 Å². The highest BCUT2D eigenvalue weighted by Crippen LogP contribution is 2.33. The van der Waals surface area contributed by atoms with Crippen molar-refractivity contribution < 1.29 is 14.4 Å². The number of benzene rings is 1. The molecule has 276 valence electrons. The number of rotatable bonds is 10. The minimum atomic E-state index is -0.259. The van der Waals surface area contributed by atoms with Crippen LogP contribution in [0, 0.1) is 12.8 Å². The average molecular weight is 717 g/mol. The number of fused-ring (bicyclic) bond motifs is 1. The number of hydrogen-bond acceptors (Lipinski definition) is 10. The van der Waals surface area contributed by atoms with Crippen molar-refractivity contribution in [3.8, 4) is 0 Å². The summed E-state index contributed by atoms with van der Waals surface area (Å²) in [6, 6.07) is 13.0. The first-order valence-corrected chi connectivity index (χ1v) is 19.3. The molecule has 3 aromatic heterocycles. The molecule has 1 atom stereocenters. The zero-order valence-electron chi connectivity index (χ0n) is 30.6. The number of imide groups is 1. The predicted molar refractivity (Wildman–Crippen MR) is 204 cm³/mol. The topological polar surface area (TPSA) is 142 Å². The van der Waals surface area contributed by atoms with Gasteiger partial charge in [0.2, 0.25) is 17.8 Å². The lowest BCUT2D eigenvalue weighted by atomic mass is 9.87. The van der Waals surface area contributed by atoms with Gasteiger partial charge in [-0.15, -0.1) is 0 Å². The van der Waals surface area contributed by atoms with Gasteiger partial charge in [-0.25, -0.2) is 9.97 Å². The summed E-state index contributed by atoms with van der Waals surface area (Å²) in [4.78, 5) is 68.9. The van der Waals surface area contributed by atoms with Gasteiger partial charge in [-0.3, -0.25) is 34.0 Å². The smallest absolute Gasteiger partial charge is 0.263 e. The van der Waals surface area contributed by atoms with E-state index < -0.39 is 0 Å². The largest absolute Gasteiger partial charge is 0.367 e. The number of carbonyl (C=O) groups excluding carboxylic acids is 3. The molecule has 1 aromatic carbocycles. The lowest BCUT2D eigenvalue weighted by molar-refractivity contribution is -0.134. The molecule has 1 aliphatic carbocycles. The Kier molecular flexibility index (Phi) is 9.80. The van der Waals surface area contributed by atoms with Crippen molar-refractivity contribution in [3.05, 3.63) is 81.4 Å². The molecular formula is C41H48N8O4. The number of hydrogen-bond donors (Lipinski definition) is 2. The number of aryl methyl sites for hydroxylation is 2. The highest BCUT2D eigenvalue weighted by Gasteiger charge is 2.34. The SMILES string of the molecule is CC(=O)c1c(C)c2cnc(Nc3ccc(N4CC(N5CCC(CCc6cccc(C7CCC(=O)NC7=O)c6)CC5)C4)cn3)nc2n(C2CCCC2)c1=O. The molecule has 3 aliphatic heterocycles. The molecule has 12 nitrogen and oxygen atoms in total. The quantitative estimate of drug-likeness (QED) is 0.157. The van der Waals surface area contributed by atoms with Crippen molar-refractivity contribution in [1.82, 2.24) is 29.7 Å². The number of Topliss-reactive ketones (excluding diaryl/α,β-unsaturated/α-hetero) is 1. The fourth-order valence-corrected chi connectivity index (χ4v) is 8.92. The van der Waals surface area contributed by atoms with Crippen LogP contribution in [0.15, 0.2) is 53.6 Å². The van der Waals surface area contributed by atoms with Gasteiger partial charge in [-0.05, 0) is 107 Å². The zero-order valence-corrected chi connectivity index (χ0v) is 30.6. The molecule has 0 spiro atoms. The Morgan fingerprint density at radius 2 is 1.74 bits per heavy atom. The fourth-order valence-electron chi connectivity index (χ4n) is 8.92. The van der Waals surface area contributed by atoms with Crippen molar-refractivity contribution in [3.63, 3.8) is 0 Å². The second-order valence-electron chi connectivity index (χ2n) is 15.5. The van der Waals surface area contributed by atoms with Crippen LogP contribution in [0.4, 0.5) is 17.5 Å². The van der Waals surface area contributed by atoms with E-state index in [1.54, 1.807) is 17.7 Å². The van der Waals surface area contributed by atoms with Crippen LogP contribution in [0.3, 0.4) is 0 Å². The third kappa shape index (κ3) is 7.21. The number of pyridine rings is 2. The monoisotopic (exact) mass is 716 g/mol. The Morgan fingerprint density at radius 3 is 2.45 bits per heavy atom. The van der Waals surface area contributed by atoms with E-state index in [4.69, 9.17) is 4.98 Å². The van der Waals surface area contributed by atoms with E-state index in [0.717, 1.165) is 81.3 Å². The van der Waals surface area contributed by atoms with Gasteiger partial charge < -0.3 is 10.2 Å². The number of likely N-dealkylation sites (tertiary alicyclic amines) is 1. The Hall–Kier alpha value is -4.97. The lowest BCUT2D eigenvalue weighted by Crippen LogP contribution is -2.61. The molecule has 53 heavy (non-hydrogen) atoms. The van der Waals surface area contributed by atoms with Crippen LogP contribution in [0.1, 0.15) is 104 Å². The Bertz CT molecular complexity index is 2090. The van der Waals surface area contributed by atoms with Gasteiger partial charge >= 0.3 is 0 Å². The van der Waals surface area contributed by atoms with Crippen molar-refractivity contribution in [2.24, 2.45) is 5.92 Å². The van der Waals surface area contributed by atoms with Gasteiger partial charge in [0, 0.05) is 43.2 Å². The highest BCUT2D eigenvalue weighted by atomic mass is 16.2. The first-order valence-electron chi connectivity index (χ1n) is 19.3. The maximum absolute atomic E-state index is 13.5. The predicted octanol–water partition coefficient (Wildman–Crippen LogP) is 5.61. The summed E-state index contributed by atoms with van der Waals surface area (Å²) in [7, 11) is 0. The van der Waals surface area contributed by atoms with E-state index in [9.17, 15) is 19.2 Å². The molecule has 0 radical (unpaired) electrons. The maximum atomic E-state index is 13.5.